The van der Waals surface area contributed by atoms with Gasteiger partial charge in [0, 0.05) is 31.2 Å². The minimum absolute atomic E-state index is 0.0367. The van der Waals surface area contributed by atoms with Crippen LogP contribution in [0.15, 0.2) is 24.3 Å². The topological polar surface area (TPSA) is 74.5 Å². The van der Waals surface area contributed by atoms with Crippen LogP contribution < -0.4 is 0 Å². The van der Waals surface area contributed by atoms with Gasteiger partial charge < -0.3 is 14.6 Å². The molecule has 1 aromatic carbocycles. The number of carbonyl (C=O) groups is 1. The summed E-state index contributed by atoms with van der Waals surface area (Å²) >= 11 is 0. The van der Waals surface area contributed by atoms with Crippen LogP contribution in [0.4, 0.5) is 0 Å². The lowest BCUT2D eigenvalue weighted by molar-refractivity contribution is 0.0704. The first-order valence-electron chi connectivity index (χ1n) is 9.65. The van der Waals surface area contributed by atoms with E-state index in [1.54, 1.807) is 0 Å². The molecular formula is C20H27N5O2. The van der Waals surface area contributed by atoms with Gasteiger partial charge in [0.15, 0.2) is 11.6 Å². The normalized spacial score (nSPS) is 23.1. The Kier molecular flexibility index (Phi) is 4.74. The summed E-state index contributed by atoms with van der Waals surface area (Å²) in [6.45, 7) is 8.74. The van der Waals surface area contributed by atoms with Crippen molar-refractivity contribution in [3.8, 4) is 0 Å². The van der Waals surface area contributed by atoms with Crippen LogP contribution in [0, 0.1) is 6.92 Å². The number of nitrogens with zero attached hydrogens (tertiary/aromatic N) is 5. The number of hydrogen-bond donors (Lipinski definition) is 1. The number of rotatable bonds is 3. The van der Waals surface area contributed by atoms with Crippen molar-refractivity contribution < 1.29 is 9.90 Å². The molecule has 1 fully saturated rings. The van der Waals surface area contributed by atoms with Crippen LogP contribution in [0.1, 0.15) is 53.9 Å². The van der Waals surface area contributed by atoms with Crippen molar-refractivity contribution in [2.45, 2.75) is 58.5 Å². The first kappa shape index (κ1) is 18.1. The Labute approximate surface area is 159 Å². The smallest absolute Gasteiger partial charge is 0.254 e. The summed E-state index contributed by atoms with van der Waals surface area (Å²) in [5.74, 6) is 1.77. The SMILES string of the molecule is Cc1cccc(C(=O)N2CCn3c(nnc3[C@@H]3C[C@H](O)CN3C(C)C)C2)c1. The van der Waals surface area contributed by atoms with E-state index in [1.807, 2.05) is 36.1 Å². The van der Waals surface area contributed by atoms with Gasteiger partial charge in [-0.15, -0.1) is 10.2 Å². The van der Waals surface area contributed by atoms with E-state index in [0.29, 0.717) is 44.2 Å². The second-order valence-corrected chi connectivity index (χ2v) is 7.92. The van der Waals surface area contributed by atoms with Crippen molar-refractivity contribution in [1.82, 2.24) is 24.6 Å². The second-order valence-electron chi connectivity index (χ2n) is 7.92. The van der Waals surface area contributed by atoms with Crippen LogP contribution in [0.25, 0.3) is 0 Å². The number of carbonyl (C=O) groups excluding carboxylic acids is 1. The molecular weight excluding hydrogens is 342 g/mol. The molecule has 0 bridgehead atoms. The summed E-state index contributed by atoms with van der Waals surface area (Å²) in [6.07, 6.45) is 0.357. The standard InChI is InChI=1S/C20H27N5O2/c1-13(2)25-11-16(26)10-17(25)19-22-21-18-12-23(7-8-24(18)19)20(27)15-6-4-5-14(3)9-15/h4-6,9,13,16-17,26H,7-8,10-12H2,1-3H3/t16-,17-/m0/s1. The van der Waals surface area contributed by atoms with Crippen LogP contribution in [-0.2, 0) is 13.1 Å². The summed E-state index contributed by atoms with van der Waals surface area (Å²) in [5, 5.41) is 19.0. The third kappa shape index (κ3) is 3.37. The molecule has 2 aliphatic heterocycles. The molecule has 0 aliphatic carbocycles. The Morgan fingerprint density at radius 3 is 2.81 bits per heavy atom. The van der Waals surface area contributed by atoms with E-state index >= 15 is 0 Å². The predicted octanol–water partition coefficient (Wildman–Crippen LogP) is 1.76. The monoisotopic (exact) mass is 369 g/mol. The molecule has 1 aromatic heterocycles. The van der Waals surface area contributed by atoms with Gasteiger partial charge >= 0.3 is 0 Å². The number of likely N-dealkylation sites (tertiary alicyclic amines) is 1. The Bertz CT molecular complexity index is 847. The van der Waals surface area contributed by atoms with Crippen molar-refractivity contribution in [1.29, 1.82) is 0 Å². The highest BCUT2D eigenvalue weighted by Gasteiger charge is 2.38. The number of aliphatic hydroxyl groups is 1. The number of aryl methyl sites for hydroxylation is 1. The number of β-amino-alcohol motifs (C(OH)–C–C–N with tert-alkyl or cyclic N) is 1. The Morgan fingerprint density at radius 1 is 1.26 bits per heavy atom. The van der Waals surface area contributed by atoms with Crippen molar-refractivity contribution in [3.05, 3.63) is 47.0 Å². The van der Waals surface area contributed by atoms with Crippen molar-refractivity contribution in [2.75, 3.05) is 13.1 Å². The Balaban J connectivity index is 1.55. The third-order valence-electron chi connectivity index (χ3n) is 5.61. The molecule has 4 rings (SSSR count). The van der Waals surface area contributed by atoms with Crippen molar-refractivity contribution in [2.24, 2.45) is 0 Å². The molecule has 0 saturated carbocycles. The average molecular weight is 369 g/mol. The van der Waals surface area contributed by atoms with E-state index in [1.165, 1.54) is 0 Å². The quantitative estimate of drug-likeness (QED) is 0.892. The van der Waals surface area contributed by atoms with E-state index in [2.05, 4.69) is 33.5 Å². The predicted molar refractivity (Wildman–Crippen MR) is 101 cm³/mol. The molecule has 0 spiro atoms. The van der Waals surface area contributed by atoms with Crippen LogP contribution in [-0.4, -0.2) is 60.8 Å². The molecule has 2 aliphatic rings. The highest BCUT2D eigenvalue weighted by atomic mass is 16.3. The molecule has 2 atom stereocenters. The first-order valence-corrected chi connectivity index (χ1v) is 9.65. The summed E-state index contributed by atoms with van der Waals surface area (Å²) in [4.78, 5) is 17.0. The summed E-state index contributed by atoms with van der Waals surface area (Å²) in [7, 11) is 0. The lowest BCUT2D eigenvalue weighted by Gasteiger charge is -2.31. The van der Waals surface area contributed by atoms with Crippen LogP contribution >= 0.6 is 0 Å². The number of fused-ring (bicyclic) bond motifs is 1. The van der Waals surface area contributed by atoms with E-state index < -0.39 is 0 Å². The van der Waals surface area contributed by atoms with Gasteiger partial charge in [-0.25, -0.2) is 0 Å². The second kappa shape index (κ2) is 7.05. The maximum atomic E-state index is 12.8. The molecule has 1 saturated heterocycles. The van der Waals surface area contributed by atoms with E-state index in [4.69, 9.17) is 0 Å². The van der Waals surface area contributed by atoms with Gasteiger partial charge in [0.2, 0.25) is 0 Å². The maximum absolute atomic E-state index is 12.8. The van der Waals surface area contributed by atoms with Gasteiger partial charge in [-0.1, -0.05) is 17.7 Å². The fraction of sp³-hybridized carbons (Fsp3) is 0.550. The van der Waals surface area contributed by atoms with Gasteiger partial charge in [0.25, 0.3) is 5.91 Å². The van der Waals surface area contributed by atoms with Crippen LogP contribution in [0.2, 0.25) is 0 Å². The van der Waals surface area contributed by atoms with Gasteiger partial charge in [-0.3, -0.25) is 9.69 Å². The van der Waals surface area contributed by atoms with Gasteiger partial charge in [0.05, 0.1) is 18.7 Å². The van der Waals surface area contributed by atoms with Crippen LogP contribution in [0.5, 0.6) is 0 Å². The number of aliphatic hydroxyl groups excluding tert-OH is 1. The lowest BCUT2D eigenvalue weighted by Crippen LogP contribution is -2.39. The lowest BCUT2D eigenvalue weighted by atomic mass is 10.1. The van der Waals surface area contributed by atoms with Gasteiger partial charge in [-0.05, 0) is 39.3 Å². The number of benzene rings is 1. The largest absolute Gasteiger partial charge is 0.392 e. The Morgan fingerprint density at radius 2 is 2.07 bits per heavy atom. The summed E-state index contributed by atoms with van der Waals surface area (Å²) in [6, 6.07) is 8.11. The molecule has 0 unspecified atom stereocenters. The molecule has 1 amide bonds. The molecule has 7 nitrogen and oxygen atoms in total. The Hall–Kier alpha value is -2.25. The van der Waals surface area contributed by atoms with Gasteiger partial charge in [-0.2, -0.15) is 0 Å². The molecule has 3 heterocycles. The van der Waals surface area contributed by atoms with E-state index in [0.717, 1.165) is 17.2 Å². The zero-order valence-corrected chi connectivity index (χ0v) is 16.2. The zero-order chi connectivity index (χ0) is 19.1. The maximum Gasteiger partial charge on any atom is 0.254 e. The molecule has 1 N–H and O–H groups in total. The molecule has 144 valence electrons. The van der Waals surface area contributed by atoms with E-state index in [-0.39, 0.29) is 18.1 Å². The minimum atomic E-state index is -0.326. The highest BCUT2D eigenvalue weighted by molar-refractivity contribution is 5.94. The highest BCUT2D eigenvalue weighted by Crippen LogP contribution is 2.33. The van der Waals surface area contributed by atoms with Crippen molar-refractivity contribution in [3.63, 3.8) is 0 Å². The van der Waals surface area contributed by atoms with Crippen molar-refractivity contribution >= 4 is 5.91 Å². The summed E-state index contributed by atoms with van der Waals surface area (Å²) < 4.78 is 2.14. The number of amides is 1. The fourth-order valence-electron chi connectivity index (χ4n) is 4.22. The van der Waals surface area contributed by atoms with E-state index in [9.17, 15) is 9.90 Å². The molecule has 0 radical (unpaired) electrons. The average Bonchev–Trinajstić information content (AvgIpc) is 3.23. The van der Waals surface area contributed by atoms with Gasteiger partial charge in [0.1, 0.15) is 0 Å². The third-order valence-corrected chi connectivity index (χ3v) is 5.61. The van der Waals surface area contributed by atoms with Crippen LogP contribution in [0.3, 0.4) is 0 Å². The molecule has 27 heavy (non-hydrogen) atoms. The zero-order valence-electron chi connectivity index (χ0n) is 16.2. The number of aromatic nitrogens is 3. The fourth-order valence-corrected chi connectivity index (χ4v) is 4.22. The number of hydrogen-bond acceptors (Lipinski definition) is 5. The first-order chi connectivity index (χ1) is 12.9. The molecule has 7 heteroatoms. The summed E-state index contributed by atoms with van der Waals surface area (Å²) in [5.41, 5.74) is 1.80. The minimum Gasteiger partial charge on any atom is -0.392 e. The molecule has 2 aromatic rings.